The summed E-state index contributed by atoms with van der Waals surface area (Å²) in [6.45, 7) is 1.55. The van der Waals surface area contributed by atoms with E-state index in [1.165, 1.54) is 13.1 Å². The third kappa shape index (κ3) is 3.27. The van der Waals surface area contributed by atoms with Crippen molar-refractivity contribution in [1.29, 1.82) is 5.26 Å². The van der Waals surface area contributed by atoms with E-state index >= 15 is 0 Å². The maximum atomic E-state index is 12.3. The quantitative estimate of drug-likeness (QED) is 0.473. The van der Waals surface area contributed by atoms with E-state index in [1.54, 1.807) is 13.1 Å². The summed E-state index contributed by atoms with van der Waals surface area (Å²) in [5, 5.41) is 7.96. The largest absolute Gasteiger partial charge is 0.771 e. The average Bonchev–Trinajstić information content (AvgIpc) is 2.35. The molecule has 8 heteroatoms. The van der Waals surface area contributed by atoms with Gasteiger partial charge in [-0.3, -0.25) is 4.98 Å². The first kappa shape index (κ1) is 14.6. The highest BCUT2D eigenvalue weighted by Crippen LogP contribution is 2.28. The Hall–Kier alpha value is -1.46. The van der Waals surface area contributed by atoms with E-state index in [-0.39, 0.29) is 0 Å². The van der Waals surface area contributed by atoms with Gasteiger partial charge < -0.3 is 4.55 Å². The van der Waals surface area contributed by atoms with Crippen LogP contribution in [0.2, 0.25) is 0 Å². The van der Waals surface area contributed by atoms with Gasteiger partial charge in [0.1, 0.15) is 5.69 Å². The number of alkyl halides is 3. The molecular weight excluding hydrogens is 267 g/mol. The fourth-order valence-corrected chi connectivity index (χ4v) is 2.13. The Labute approximate surface area is 105 Å². The molecule has 0 aromatic carbocycles. The zero-order valence-electron chi connectivity index (χ0n) is 9.60. The van der Waals surface area contributed by atoms with E-state index in [1.807, 2.05) is 0 Å². The Morgan fingerprint density at radius 2 is 2.11 bits per heavy atom. The van der Waals surface area contributed by atoms with Crippen LogP contribution >= 0.6 is 0 Å². The van der Waals surface area contributed by atoms with E-state index in [0.29, 0.717) is 5.56 Å². The predicted molar refractivity (Wildman–Crippen MR) is 57.6 cm³/mol. The molecule has 0 saturated heterocycles. The molecular formula is C10H10F3N3OS. The molecule has 4 nitrogen and oxygen atoms in total. The fraction of sp³-hybridized carbons (Fsp3) is 0.400. The maximum absolute atomic E-state index is 12.3. The molecule has 0 spiro atoms. The van der Waals surface area contributed by atoms with Gasteiger partial charge in [-0.1, -0.05) is 17.0 Å². The first-order chi connectivity index (χ1) is 8.27. The molecule has 0 aliphatic rings. The third-order valence-corrected chi connectivity index (χ3v) is 3.76. The van der Waals surface area contributed by atoms with Gasteiger partial charge in [-0.15, -0.1) is 0 Å². The third-order valence-electron chi connectivity index (χ3n) is 2.26. The molecule has 0 amide bonds. The minimum absolute atomic E-state index is 0.378. The molecule has 0 aliphatic carbocycles. The Bertz CT molecular complexity index is 505. The van der Waals surface area contributed by atoms with Gasteiger partial charge in [0.05, 0.1) is 7.05 Å². The van der Waals surface area contributed by atoms with E-state index in [2.05, 4.69) is 4.98 Å². The Kier molecular flexibility index (Phi) is 4.43. The van der Waals surface area contributed by atoms with Crippen LogP contribution in [0, 0.1) is 11.5 Å². The van der Waals surface area contributed by atoms with Crippen LogP contribution in [0.4, 0.5) is 13.2 Å². The standard InChI is InChI=1S/C10H10F3N3OS/c1-7(18(17)16(2)6-14)8-3-4-9(15-5-8)10(11,12)13/h3-5,7H,1-2H3. The number of nitriles is 1. The van der Waals surface area contributed by atoms with Gasteiger partial charge in [0.25, 0.3) is 0 Å². The van der Waals surface area contributed by atoms with Crippen LogP contribution in [0.1, 0.15) is 23.4 Å². The lowest BCUT2D eigenvalue weighted by Gasteiger charge is -2.19. The lowest BCUT2D eigenvalue weighted by molar-refractivity contribution is -0.379. The van der Waals surface area contributed by atoms with Crippen LogP contribution in [0.15, 0.2) is 18.3 Å². The van der Waals surface area contributed by atoms with Crippen molar-refractivity contribution in [2.45, 2.75) is 18.3 Å². The van der Waals surface area contributed by atoms with E-state index in [4.69, 9.17) is 5.26 Å². The minimum atomic E-state index is -4.50. The topological polar surface area (TPSA) is 62.8 Å². The van der Waals surface area contributed by atoms with Crippen LogP contribution in [0.5, 0.6) is 0 Å². The van der Waals surface area contributed by atoms with Crippen LogP contribution in [0.25, 0.3) is 0 Å². The molecule has 0 saturated carbocycles. The number of hydrogen-bond donors (Lipinski definition) is 0. The number of aromatic nitrogens is 1. The van der Waals surface area contributed by atoms with Gasteiger partial charge >= 0.3 is 12.4 Å². The van der Waals surface area contributed by atoms with Gasteiger partial charge in [0.2, 0.25) is 0 Å². The predicted octanol–water partition coefficient (Wildman–Crippen LogP) is 2.22. The summed E-state index contributed by atoms with van der Waals surface area (Å²) in [6.07, 6.45) is -1.79. The summed E-state index contributed by atoms with van der Waals surface area (Å²) in [5.41, 5.74) is -0.624. The molecule has 98 valence electrons. The van der Waals surface area contributed by atoms with Crippen molar-refractivity contribution >= 4 is 11.0 Å². The molecule has 2 atom stereocenters. The summed E-state index contributed by atoms with van der Waals surface area (Å²) >= 11 is 0. The Morgan fingerprint density at radius 3 is 2.50 bits per heavy atom. The van der Waals surface area contributed by atoms with Crippen molar-refractivity contribution < 1.29 is 21.7 Å². The average molecular weight is 277 g/mol. The van der Waals surface area contributed by atoms with Gasteiger partial charge in [-0.25, -0.2) is 0 Å². The monoisotopic (exact) mass is 277 g/mol. The highest BCUT2D eigenvalue weighted by molar-refractivity contribution is 7.79. The Morgan fingerprint density at radius 1 is 1.50 bits per heavy atom. The molecule has 1 aromatic heterocycles. The van der Waals surface area contributed by atoms with Gasteiger partial charge in [-0.05, 0) is 18.6 Å². The van der Waals surface area contributed by atoms with Crippen LogP contribution in [0.3, 0.4) is 0 Å². The molecule has 0 aliphatic heterocycles. The number of rotatable bonds is 2. The van der Waals surface area contributed by atoms with Gasteiger partial charge in [0, 0.05) is 11.4 Å². The molecule has 2 unspecified atom stereocenters. The molecule has 0 N–H and O–H groups in total. The van der Waals surface area contributed by atoms with Gasteiger partial charge in [0.15, 0.2) is 5.26 Å². The van der Waals surface area contributed by atoms with E-state index in [0.717, 1.165) is 16.2 Å². The molecule has 0 fully saturated rings. The van der Waals surface area contributed by atoms with Crippen molar-refractivity contribution in [2.24, 2.45) is 0 Å². The highest BCUT2D eigenvalue weighted by Gasteiger charge is 2.32. The molecule has 0 radical (unpaired) electrons. The first-order valence-corrected chi connectivity index (χ1v) is 6.01. The Balaban J connectivity index is 3.04. The minimum Gasteiger partial charge on any atom is -0.771 e. The second-order valence-corrected chi connectivity index (χ2v) is 5.30. The molecule has 1 heterocycles. The summed E-state index contributed by atoms with van der Waals surface area (Å²) in [5.74, 6) is 0. The number of pyridine rings is 1. The second-order valence-electron chi connectivity index (χ2n) is 3.49. The molecule has 1 rings (SSSR count). The highest BCUT2D eigenvalue weighted by atomic mass is 32.2. The van der Waals surface area contributed by atoms with Gasteiger partial charge in [-0.2, -0.15) is 17.1 Å². The number of hydrogen-bond acceptors (Lipinski definition) is 3. The summed E-state index contributed by atoms with van der Waals surface area (Å²) in [7, 11) is -0.300. The second kappa shape index (κ2) is 5.46. The normalized spacial score (nSPS) is 15.7. The summed E-state index contributed by atoms with van der Waals surface area (Å²) < 4.78 is 49.5. The SMILES string of the molecule is CC(c1ccc(C(F)(F)F)nc1)S([O-])=[N+](C)C#N. The van der Waals surface area contributed by atoms with Crippen molar-refractivity contribution in [3.8, 4) is 6.19 Å². The lowest BCUT2D eigenvalue weighted by atomic mass is 10.2. The smallest absolute Gasteiger partial charge is 0.464 e. The van der Waals surface area contributed by atoms with Crippen molar-refractivity contribution in [3.63, 3.8) is 0 Å². The van der Waals surface area contributed by atoms with Crippen molar-refractivity contribution in [1.82, 2.24) is 4.98 Å². The van der Waals surface area contributed by atoms with Crippen LogP contribution < -0.4 is 0 Å². The van der Waals surface area contributed by atoms with Crippen LogP contribution in [-0.4, -0.2) is 20.5 Å². The number of nitrogens with zero attached hydrogens (tertiary/aromatic N) is 3. The molecule has 1 aromatic rings. The summed E-state index contributed by atoms with van der Waals surface area (Å²) in [6, 6.07) is 2.04. The fourth-order valence-electron chi connectivity index (χ4n) is 1.21. The number of halogens is 3. The van der Waals surface area contributed by atoms with Crippen LogP contribution in [-0.2, 0) is 17.1 Å². The zero-order chi connectivity index (χ0) is 13.9. The summed E-state index contributed by atoms with van der Waals surface area (Å²) in [4.78, 5) is 3.28. The molecule has 18 heavy (non-hydrogen) atoms. The van der Waals surface area contributed by atoms with Crippen molar-refractivity contribution in [2.75, 3.05) is 7.05 Å². The maximum Gasteiger partial charge on any atom is 0.464 e. The van der Waals surface area contributed by atoms with E-state index in [9.17, 15) is 17.7 Å². The molecule has 0 bridgehead atoms. The van der Waals surface area contributed by atoms with Crippen molar-refractivity contribution in [3.05, 3.63) is 29.6 Å². The zero-order valence-corrected chi connectivity index (χ0v) is 10.4. The lowest BCUT2D eigenvalue weighted by Crippen LogP contribution is -2.13. The van der Waals surface area contributed by atoms with E-state index < -0.39 is 28.1 Å². The first-order valence-electron chi connectivity index (χ1n) is 4.84.